The molecule has 1 aliphatic carbocycles. The zero-order chi connectivity index (χ0) is 52.4. The molecule has 2 aliphatic heterocycles. The van der Waals surface area contributed by atoms with E-state index in [-0.39, 0.29) is 22.6 Å². The third kappa shape index (κ3) is 9.34. The highest BCUT2D eigenvalue weighted by molar-refractivity contribution is 6.10. The quantitative estimate of drug-likeness (QED) is 0.0564. The van der Waals surface area contributed by atoms with Gasteiger partial charge in [0.15, 0.2) is 17.1 Å². The molecule has 8 aromatic carbocycles. The summed E-state index contributed by atoms with van der Waals surface area (Å²) in [5, 5.41) is 1.65. The van der Waals surface area contributed by atoms with E-state index in [9.17, 15) is 14.4 Å². The monoisotopic (exact) mass is 1000 g/mol. The predicted molar refractivity (Wildman–Crippen MR) is 299 cm³/mol. The second kappa shape index (κ2) is 20.8. The molecule has 8 aromatic rings. The number of esters is 3. The van der Waals surface area contributed by atoms with Crippen LogP contribution >= 0.6 is 0 Å². The molecule has 9 heteroatoms. The molecule has 11 rings (SSSR count). The Morgan fingerprint density at radius 1 is 0.618 bits per heavy atom. The van der Waals surface area contributed by atoms with Gasteiger partial charge in [-0.2, -0.15) is 0 Å². The summed E-state index contributed by atoms with van der Waals surface area (Å²) in [6, 6.07) is 50.9. The molecular weight excluding hydrogens is 947 g/mol. The standard InChI is InChI=1S/C67H57NO8/c1-5-6-7-10-17-44-22-24-45(25-23-44)63(69)73-51-34-26-46(27-35-51)64(70)74-52-36-28-47(29-37-52)65(71)75-59-42-55-56(43-58(59)72-4)62-54(61-60(55)53-20-13-14-21-57(53)66(61,2)3)38-39-67(76-62,48-18-11-8-12-19-48)49-30-32-50(33-31-49)68-40-15-9-16-41-68/h8-9,11-16,18-40,42-43H,5-7,10,17,41H2,1-4H3. The first-order chi connectivity index (χ1) is 37.0. The molecule has 0 saturated heterocycles. The maximum atomic E-state index is 14.1. The van der Waals surface area contributed by atoms with Crippen LogP contribution in [0.1, 0.15) is 111 Å². The summed E-state index contributed by atoms with van der Waals surface area (Å²) in [7, 11) is 1.55. The molecule has 0 saturated carbocycles. The minimum Gasteiger partial charge on any atom is -0.493 e. The van der Waals surface area contributed by atoms with Crippen LogP contribution in [-0.2, 0) is 17.4 Å². The van der Waals surface area contributed by atoms with Gasteiger partial charge in [-0.25, -0.2) is 14.4 Å². The van der Waals surface area contributed by atoms with Gasteiger partial charge in [0.1, 0.15) is 17.2 Å². The zero-order valence-electron chi connectivity index (χ0n) is 43.0. The first-order valence-electron chi connectivity index (χ1n) is 26.0. The van der Waals surface area contributed by atoms with Crippen LogP contribution in [0, 0.1) is 0 Å². The Morgan fingerprint density at radius 2 is 1.22 bits per heavy atom. The fourth-order valence-electron chi connectivity index (χ4n) is 10.8. The van der Waals surface area contributed by atoms with E-state index in [1.165, 1.54) is 54.7 Å². The van der Waals surface area contributed by atoms with E-state index in [1.54, 1.807) is 43.5 Å². The van der Waals surface area contributed by atoms with Crippen molar-refractivity contribution in [3.05, 3.63) is 244 Å². The Morgan fingerprint density at radius 3 is 1.86 bits per heavy atom. The van der Waals surface area contributed by atoms with Gasteiger partial charge in [0, 0.05) is 45.9 Å². The van der Waals surface area contributed by atoms with Crippen molar-refractivity contribution in [1.29, 1.82) is 0 Å². The van der Waals surface area contributed by atoms with Gasteiger partial charge < -0.3 is 28.6 Å². The minimum absolute atomic E-state index is 0.226. The second-order valence-electron chi connectivity index (χ2n) is 19.9. The molecule has 1 unspecified atom stereocenters. The molecule has 378 valence electrons. The fourth-order valence-corrected chi connectivity index (χ4v) is 10.8. The Bertz CT molecular complexity index is 3590. The lowest BCUT2D eigenvalue weighted by atomic mass is 9.76. The predicted octanol–water partition coefficient (Wildman–Crippen LogP) is 15.2. The van der Waals surface area contributed by atoms with Crippen molar-refractivity contribution < 1.29 is 38.1 Å². The Balaban J connectivity index is 0.851. The summed E-state index contributed by atoms with van der Waals surface area (Å²) in [5.74, 6) is 0.0634. The minimum atomic E-state index is -0.998. The van der Waals surface area contributed by atoms with Crippen LogP contribution in [0.4, 0.5) is 5.69 Å². The number of carbonyl (C=O) groups is 3. The number of aryl methyl sites for hydroxylation is 1. The van der Waals surface area contributed by atoms with Crippen molar-refractivity contribution >= 4 is 40.4 Å². The maximum Gasteiger partial charge on any atom is 0.343 e. The third-order valence-electron chi connectivity index (χ3n) is 14.8. The number of allylic oxidation sites excluding steroid dienone is 2. The molecule has 76 heavy (non-hydrogen) atoms. The molecule has 1 atom stereocenters. The molecular formula is C67H57NO8. The van der Waals surface area contributed by atoms with Crippen molar-refractivity contribution in [2.45, 2.75) is 63.9 Å². The number of nitrogens with zero attached hydrogens (tertiary/aromatic N) is 1. The highest BCUT2D eigenvalue weighted by Gasteiger charge is 2.44. The summed E-state index contributed by atoms with van der Waals surface area (Å²) in [4.78, 5) is 42.4. The van der Waals surface area contributed by atoms with Crippen LogP contribution in [0.2, 0.25) is 0 Å². The molecule has 3 aliphatic rings. The van der Waals surface area contributed by atoms with Gasteiger partial charge in [0.05, 0.1) is 23.8 Å². The zero-order valence-corrected chi connectivity index (χ0v) is 43.0. The van der Waals surface area contributed by atoms with Gasteiger partial charge in [-0.1, -0.05) is 137 Å². The van der Waals surface area contributed by atoms with E-state index in [1.807, 2.05) is 48.5 Å². The van der Waals surface area contributed by atoms with E-state index in [0.29, 0.717) is 22.8 Å². The molecule has 0 bridgehead atoms. The average Bonchev–Trinajstić information content (AvgIpc) is 3.97. The number of benzene rings is 8. The number of anilines is 1. The normalized spacial score (nSPS) is 15.6. The maximum absolute atomic E-state index is 14.1. The number of hydrogen-bond donors (Lipinski definition) is 0. The van der Waals surface area contributed by atoms with Gasteiger partial charge in [-0.05, 0) is 143 Å². The molecule has 2 heterocycles. The van der Waals surface area contributed by atoms with Crippen molar-refractivity contribution in [2.24, 2.45) is 0 Å². The number of methoxy groups -OCH3 is 1. The Hall–Kier alpha value is -8.95. The van der Waals surface area contributed by atoms with Crippen LogP contribution in [0.15, 0.2) is 194 Å². The van der Waals surface area contributed by atoms with Crippen LogP contribution in [0.25, 0.3) is 28.0 Å². The summed E-state index contributed by atoms with van der Waals surface area (Å²) in [6.45, 7) is 7.48. The van der Waals surface area contributed by atoms with Crippen LogP contribution in [-0.4, -0.2) is 31.6 Å². The largest absolute Gasteiger partial charge is 0.493 e. The van der Waals surface area contributed by atoms with Crippen molar-refractivity contribution in [1.82, 2.24) is 0 Å². The molecule has 0 fully saturated rings. The highest BCUT2D eigenvalue weighted by atomic mass is 16.6. The van der Waals surface area contributed by atoms with Gasteiger partial charge in [-0.3, -0.25) is 0 Å². The van der Waals surface area contributed by atoms with Crippen molar-refractivity contribution in [3.8, 4) is 39.9 Å². The van der Waals surface area contributed by atoms with Crippen molar-refractivity contribution in [3.63, 3.8) is 0 Å². The topological polar surface area (TPSA) is 101 Å². The number of carbonyl (C=O) groups excluding carboxylic acids is 3. The number of hydrogen-bond acceptors (Lipinski definition) is 9. The highest BCUT2D eigenvalue weighted by Crippen LogP contribution is 2.59. The molecule has 0 radical (unpaired) electrons. The summed E-state index contributed by atoms with van der Waals surface area (Å²) < 4.78 is 31.1. The Kier molecular flexibility index (Phi) is 13.5. The summed E-state index contributed by atoms with van der Waals surface area (Å²) >= 11 is 0. The second-order valence-corrected chi connectivity index (χ2v) is 19.9. The summed E-state index contributed by atoms with van der Waals surface area (Å²) in [5.41, 5.74) is 9.14. The lowest BCUT2D eigenvalue weighted by Crippen LogP contribution is -2.35. The molecule has 9 nitrogen and oxygen atoms in total. The van der Waals surface area contributed by atoms with Crippen molar-refractivity contribution in [2.75, 3.05) is 18.6 Å². The smallest absolute Gasteiger partial charge is 0.343 e. The van der Waals surface area contributed by atoms with Crippen LogP contribution < -0.4 is 28.6 Å². The average molecular weight is 1000 g/mol. The number of unbranched alkanes of at least 4 members (excludes halogenated alkanes) is 3. The third-order valence-corrected chi connectivity index (χ3v) is 14.8. The Labute approximate surface area is 443 Å². The first-order valence-corrected chi connectivity index (χ1v) is 26.0. The van der Waals surface area contributed by atoms with Gasteiger partial charge in [0.25, 0.3) is 0 Å². The molecule has 0 amide bonds. The SMILES string of the molecule is CCCCCCc1ccc(C(=O)Oc2ccc(C(=O)Oc3ccc(C(=O)Oc4cc5c6c(c7c(c5cc4OC)OC(c4ccccc4)(c4ccc(N5C=CC=CC5)cc4)C=C7)C(C)(C)c4ccccc4-6)cc3)cc2)cc1. The number of ether oxygens (including phenoxy) is 5. The van der Waals surface area contributed by atoms with Crippen LogP contribution in [0.5, 0.6) is 28.7 Å². The van der Waals surface area contributed by atoms with E-state index in [0.717, 1.165) is 69.2 Å². The fraction of sp³-hybridized carbons (Fsp3) is 0.179. The van der Waals surface area contributed by atoms with E-state index < -0.39 is 28.9 Å². The van der Waals surface area contributed by atoms with Gasteiger partial charge in [-0.15, -0.1) is 0 Å². The number of rotatable bonds is 15. The van der Waals surface area contributed by atoms with Gasteiger partial charge >= 0.3 is 17.9 Å². The molecule has 0 aromatic heterocycles. The lowest BCUT2D eigenvalue weighted by Gasteiger charge is -2.38. The van der Waals surface area contributed by atoms with Crippen LogP contribution in [0.3, 0.4) is 0 Å². The van der Waals surface area contributed by atoms with E-state index >= 15 is 0 Å². The number of fused-ring (bicyclic) bond motifs is 8. The molecule has 0 spiro atoms. The van der Waals surface area contributed by atoms with Gasteiger partial charge in [0.2, 0.25) is 0 Å². The summed E-state index contributed by atoms with van der Waals surface area (Å²) in [6.07, 6.45) is 18.4. The van der Waals surface area contributed by atoms with E-state index in [4.69, 9.17) is 23.7 Å². The van der Waals surface area contributed by atoms with E-state index in [2.05, 4.69) is 117 Å². The lowest BCUT2D eigenvalue weighted by molar-refractivity contribution is 0.0722. The first kappa shape index (κ1) is 49.3. The molecule has 0 N–H and O–H groups in total.